The smallest absolute Gasteiger partial charge is 0.326 e. The van der Waals surface area contributed by atoms with Crippen LogP contribution in [-0.2, 0) is 9.53 Å². The van der Waals surface area contributed by atoms with Crippen molar-refractivity contribution in [3.05, 3.63) is 0 Å². The van der Waals surface area contributed by atoms with E-state index in [-0.39, 0.29) is 10.7 Å². The normalized spacial score (nSPS) is 19.8. The minimum absolute atomic E-state index is 0.122. The molecule has 1 atom stereocenters. The first-order valence-electron chi connectivity index (χ1n) is 6.36. The summed E-state index contributed by atoms with van der Waals surface area (Å²) >= 11 is 1.80. The molecule has 1 rings (SSSR count). The summed E-state index contributed by atoms with van der Waals surface area (Å²) < 4.78 is 5.35. The molecule has 1 fully saturated rings. The van der Waals surface area contributed by atoms with Crippen LogP contribution in [0.5, 0.6) is 0 Å². The van der Waals surface area contributed by atoms with Gasteiger partial charge in [0.15, 0.2) is 0 Å². The quantitative estimate of drug-likeness (QED) is 0.744. The third-order valence-electron chi connectivity index (χ3n) is 2.62. The fraction of sp³-hybridized carbons (Fsp3) is 0.923. The summed E-state index contributed by atoms with van der Waals surface area (Å²) in [4.78, 5) is 12.0. The van der Waals surface area contributed by atoms with Crippen molar-refractivity contribution in [3.8, 4) is 0 Å². The van der Waals surface area contributed by atoms with Gasteiger partial charge in [-0.2, -0.15) is 11.8 Å². The molecular formula is C13H25NO2S. The van der Waals surface area contributed by atoms with E-state index in [1.54, 1.807) is 11.8 Å². The second-order valence-corrected chi connectivity index (χ2v) is 7.67. The van der Waals surface area contributed by atoms with Crippen molar-refractivity contribution in [1.82, 2.24) is 5.32 Å². The first kappa shape index (κ1) is 14.8. The average Bonchev–Trinajstić information content (AvgIpc) is 2.98. The van der Waals surface area contributed by atoms with Crippen molar-refractivity contribution in [2.75, 3.05) is 12.4 Å². The van der Waals surface area contributed by atoms with Crippen LogP contribution in [0.4, 0.5) is 0 Å². The van der Waals surface area contributed by atoms with Crippen LogP contribution in [0.25, 0.3) is 0 Å². The van der Waals surface area contributed by atoms with Gasteiger partial charge >= 0.3 is 5.97 Å². The molecule has 4 heteroatoms. The first-order chi connectivity index (χ1) is 7.77. The van der Waals surface area contributed by atoms with Gasteiger partial charge in [-0.3, -0.25) is 10.1 Å². The Balaban J connectivity index is 2.59. The Kier molecular flexibility index (Phi) is 4.90. The lowest BCUT2D eigenvalue weighted by molar-refractivity contribution is -0.149. The largest absolute Gasteiger partial charge is 0.465 e. The highest BCUT2D eigenvalue weighted by Gasteiger charge is 2.40. The molecule has 0 aliphatic heterocycles. The van der Waals surface area contributed by atoms with Gasteiger partial charge in [0.25, 0.3) is 0 Å². The molecule has 0 aromatic heterocycles. The maximum atomic E-state index is 12.0. The zero-order valence-electron chi connectivity index (χ0n) is 11.6. The molecule has 0 radical (unpaired) electrons. The predicted octanol–water partition coefficient (Wildman–Crippen LogP) is 2.59. The van der Waals surface area contributed by atoms with Crippen LogP contribution >= 0.6 is 11.8 Å². The summed E-state index contributed by atoms with van der Waals surface area (Å²) in [6.07, 6.45) is 2.35. The number of thioether (sulfide) groups is 1. The minimum Gasteiger partial charge on any atom is -0.465 e. The molecule has 1 aliphatic rings. The van der Waals surface area contributed by atoms with Crippen LogP contribution in [0, 0.1) is 0 Å². The second kappa shape index (κ2) is 5.61. The second-order valence-electron chi connectivity index (χ2n) is 5.87. The number of esters is 1. The van der Waals surface area contributed by atoms with Crippen LogP contribution in [0.1, 0.15) is 47.5 Å². The van der Waals surface area contributed by atoms with Gasteiger partial charge < -0.3 is 4.74 Å². The predicted molar refractivity (Wildman–Crippen MR) is 73.4 cm³/mol. The van der Waals surface area contributed by atoms with Gasteiger partial charge in [0.2, 0.25) is 0 Å². The third kappa shape index (κ3) is 5.30. The number of carbonyl (C=O) groups excluding carboxylic acids is 1. The summed E-state index contributed by atoms with van der Waals surface area (Å²) in [5.74, 6) is 0.634. The van der Waals surface area contributed by atoms with Gasteiger partial charge in [-0.05, 0) is 26.7 Å². The monoisotopic (exact) mass is 259 g/mol. The molecule has 0 saturated heterocycles. The highest BCUT2D eigenvalue weighted by atomic mass is 32.2. The fourth-order valence-corrected chi connectivity index (χ4v) is 2.41. The molecule has 17 heavy (non-hydrogen) atoms. The van der Waals surface area contributed by atoms with Gasteiger partial charge in [0, 0.05) is 16.5 Å². The Bertz CT molecular complexity index is 271. The summed E-state index contributed by atoms with van der Waals surface area (Å²) in [5, 5.41) is 3.43. The van der Waals surface area contributed by atoms with Crippen LogP contribution in [-0.4, -0.2) is 34.7 Å². The number of ether oxygens (including phenoxy) is 1. The molecule has 0 heterocycles. The van der Waals surface area contributed by atoms with E-state index in [0.717, 1.165) is 5.75 Å². The van der Waals surface area contributed by atoms with Crippen molar-refractivity contribution in [2.45, 2.75) is 63.8 Å². The molecule has 3 nitrogen and oxygen atoms in total. The zero-order chi connectivity index (χ0) is 13.1. The van der Waals surface area contributed by atoms with Crippen molar-refractivity contribution < 1.29 is 9.53 Å². The number of hydrogen-bond donors (Lipinski definition) is 1. The molecule has 100 valence electrons. The van der Waals surface area contributed by atoms with Crippen LogP contribution in [0.2, 0.25) is 0 Å². The Labute approximate surface area is 109 Å². The summed E-state index contributed by atoms with van der Waals surface area (Å²) in [5.41, 5.74) is -0.547. The molecule has 1 N–H and O–H groups in total. The Morgan fingerprint density at radius 1 is 1.35 bits per heavy atom. The number of hydrogen-bond acceptors (Lipinski definition) is 4. The Morgan fingerprint density at radius 3 is 2.35 bits per heavy atom. The van der Waals surface area contributed by atoms with E-state index in [1.807, 2.05) is 13.8 Å². The van der Waals surface area contributed by atoms with E-state index in [9.17, 15) is 4.79 Å². The van der Waals surface area contributed by atoms with E-state index in [0.29, 0.717) is 12.6 Å². The van der Waals surface area contributed by atoms with E-state index in [2.05, 4.69) is 26.1 Å². The maximum Gasteiger partial charge on any atom is 0.326 e. The van der Waals surface area contributed by atoms with Gasteiger partial charge in [0.1, 0.15) is 5.54 Å². The molecule has 0 aromatic carbocycles. The van der Waals surface area contributed by atoms with Gasteiger partial charge in [-0.25, -0.2) is 0 Å². The lowest BCUT2D eigenvalue weighted by Crippen LogP contribution is -2.54. The minimum atomic E-state index is -0.547. The lowest BCUT2D eigenvalue weighted by Gasteiger charge is -2.31. The summed E-state index contributed by atoms with van der Waals surface area (Å²) in [6, 6.07) is 0.505. The van der Waals surface area contributed by atoms with Crippen LogP contribution in [0.3, 0.4) is 0 Å². The van der Waals surface area contributed by atoms with Gasteiger partial charge in [-0.15, -0.1) is 0 Å². The van der Waals surface area contributed by atoms with Crippen LogP contribution < -0.4 is 5.32 Å². The van der Waals surface area contributed by atoms with Crippen molar-refractivity contribution in [2.24, 2.45) is 0 Å². The van der Waals surface area contributed by atoms with Crippen molar-refractivity contribution in [1.29, 1.82) is 0 Å². The van der Waals surface area contributed by atoms with Crippen molar-refractivity contribution >= 4 is 17.7 Å². The zero-order valence-corrected chi connectivity index (χ0v) is 12.4. The Morgan fingerprint density at radius 2 is 1.94 bits per heavy atom. The standard InChI is InChI=1S/C13H25NO2S/c1-6-16-11(15)13(5,14-10-7-8-10)9-17-12(2,3)4/h10,14H,6-9H2,1-5H3. The lowest BCUT2D eigenvalue weighted by atomic mass is 10.1. The van der Waals surface area contributed by atoms with E-state index < -0.39 is 5.54 Å². The van der Waals surface area contributed by atoms with Gasteiger partial charge in [0.05, 0.1) is 6.61 Å². The van der Waals surface area contributed by atoms with Gasteiger partial charge in [-0.1, -0.05) is 20.8 Å². The number of nitrogens with one attached hydrogen (secondary N) is 1. The molecular weight excluding hydrogens is 234 g/mol. The van der Waals surface area contributed by atoms with Crippen molar-refractivity contribution in [3.63, 3.8) is 0 Å². The number of carbonyl (C=O) groups is 1. The fourth-order valence-electron chi connectivity index (χ4n) is 1.49. The maximum absolute atomic E-state index is 12.0. The first-order valence-corrected chi connectivity index (χ1v) is 7.34. The number of rotatable bonds is 6. The summed E-state index contributed by atoms with van der Waals surface area (Å²) in [6.45, 7) is 10.8. The highest BCUT2D eigenvalue weighted by molar-refractivity contribution is 8.00. The molecule has 1 unspecified atom stereocenters. The topological polar surface area (TPSA) is 38.3 Å². The van der Waals surface area contributed by atoms with E-state index in [1.165, 1.54) is 12.8 Å². The third-order valence-corrected chi connectivity index (χ3v) is 4.21. The molecule has 0 amide bonds. The molecule has 0 aromatic rings. The summed E-state index contributed by atoms with van der Waals surface area (Å²) in [7, 11) is 0. The van der Waals surface area contributed by atoms with E-state index >= 15 is 0 Å². The highest BCUT2D eigenvalue weighted by Crippen LogP contribution is 2.30. The van der Waals surface area contributed by atoms with Crippen LogP contribution in [0.15, 0.2) is 0 Å². The molecule has 1 saturated carbocycles. The molecule has 0 spiro atoms. The van der Waals surface area contributed by atoms with E-state index in [4.69, 9.17) is 4.74 Å². The average molecular weight is 259 g/mol. The Hall–Kier alpha value is -0.220. The SMILES string of the molecule is CCOC(=O)C(C)(CSC(C)(C)C)NC1CC1. The molecule has 0 bridgehead atoms. The molecule has 1 aliphatic carbocycles.